The van der Waals surface area contributed by atoms with Crippen molar-refractivity contribution in [1.29, 1.82) is 0 Å². The molecule has 4 heteroatoms. The fourth-order valence-corrected chi connectivity index (χ4v) is 1.29. The number of hydrogen-bond acceptors (Lipinski definition) is 3. The minimum Gasteiger partial charge on any atom is -0.399 e. The molecule has 0 amide bonds. The molecule has 2 aromatic rings. The summed E-state index contributed by atoms with van der Waals surface area (Å²) >= 11 is 0. The van der Waals surface area contributed by atoms with E-state index < -0.39 is 0 Å². The highest BCUT2D eigenvalue weighted by Gasteiger charge is 2.01. The normalized spacial score (nSPS) is 10.8. The molecule has 0 aliphatic carbocycles. The molecule has 2 rings (SSSR count). The number of anilines is 1. The monoisotopic (exact) mass is 177 g/mol. The van der Waals surface area contributed by atoms with Gasteiger partial charge in [-0.1, -0.05) is 0 Å². The van der Waals surface area contributed by atoms with Gasteiger partial charge >= 0.3 is 0 Å². The lowest BCUT2D eigenvalue weighted by Gasteiger charge is -1.90. The number of aromatic nitrogens is 2. The molecule has 1 heterocycles. The number of fused-ring (bicyclic) bond motifs is 1. The van der Waals surface area contributed by atoms with Gasteiger partial charge in [-0.3, -0.25) is 0 Å². The van der Waals surface area contributed by atoms with Crippen LogP contribution in [-0.2, 0) is 11.3 Å². The van der Waals surface area contributed by atoms with Gasteiger partial charge in [-0.05, 0) is 18.2 Å². The van der Waals surface area contributed by atoms with Crippen molar-refractivity contribution in [1.82, 2.24) is 9.97 Å². The van der Waals surface area contributed by atoms with Crippen LogP contribution in [0.15, 0.2) is 18.2 Å². The molecule has 0 saturated carbocycles. The molecule has 0 unspecified atom stereocenters. The number of imidazole rings is 1. The van der Waals surface area contributed by atoms with E-state index in [0.717, 1.165) is 22.5 Å². The lowest BCUT2D eigenvalue weighted by atomic mass is 10.3. The fourth-order valence-electron chi connectivity index (χ4n) is 1.29. The first-order valence-corrected chi connectivity index (χ1v) is 4.02. The maximum Gasteiger partial charge on any atom is 0.133 e. The molecule has 0 radical (unpaired) electrons. The molecule has 0 spiro atoms. The predicted octanol–water partition coefficient (Wildman–Crippen LogP) is 1.29. The van der Waals surface area contributed by atoms with Crippen molar-refractivity contribution in [2.45, 2.75) is 6.61 Å². The highest BCUT2D eigenvalue weighted by atomic mass is 16.5. The van der Waals surface area contributed by atoms with E-state index >= 15 is 0 Å². The number of methoxy groups -OCH3 is 1. The topological polar surface area (TPSA) is 63.9 Å². The third-order valence-corrected chi connectivity index (χ3v) is 1.84. The Morgan fingerprint density at radius 2 is 2.38 bits per heavy atom. The average molecular weight is 177 g/mol. The lowest BCUT2D eigenvalue weighted by Crippen LogP contribution is -1.88. The lowest BCUT2D eigenvalue weighted by molar-refractivity contribution is 0.179. The maximum absolute atomic E-state index is 5.63. The number of rotatable bonds is 2. The van der Waals surface area contributed by atoms with Crippen molar-refractivity contribution in [2.24, 2.45) is 0 Å². The van der Waals surface area contributed by atoms with E-state index in [1.54, 1.807) is 7.11 Å². The Morgan fingerprint density at radius 3 is 3.15 bits per heavy atom. The highest BCUT2D eigenvalue weighted by molar-refractivity contribution is 5.78. The number of aromatic amines is 1. The van der Waals surface area contributed by atoms with Gasteiger partial charge in [0.1, 0.15) is 12.4 Å². The molecule has 0 aliphatic heterocycles. The van der Waals surface area contributed by atoms with E-state index in [1.165, 1.54) is 0 Å². The first-order valence-electron chi connectivity index (χ1n) is 4.02. The van der Waals surface area contributed by atoms with Crippen LogP contribution in [0.4, 0.5) is 5.69 Å². The minimum atomic E-state index is 0.495. The molecule has 68 valence electrons. The van der Waals surface area contributed by atoms with E-state index in [0.29, 0.717) is 6.61 Å². The van der Waals surface area contributed by atoms with Crippen LogP contribution in [0.5, 0.6) is 0 Å². The van der Waals surface area contributed by atoms with Gasteiger partial charge < -0.3 is 15.5 Å². The van der Waals surface area contributed by atoms with Crippen LogP contribution < -0.4 is 5.73 Å². The smallest absolute Gasteiger partial charge is 0.133 e. The van der Waals surface area contributed by atoms with Crippen LogP contribution in [0.25, 0.3) is 11.0 Å². The summed E-state index contributed by atoms with van der Waals surface area (Å²) in [6, 6.07) is 5.58. The molecule has 0 aliphatic rings. The van der Waals surface area contributed by atoms with Crippen LogP contribution in [0, 0.1) is 0 Å². The molecule has 1 aromatic heterocycles. The molecule has 13 heavy (non-hydrogen) atoms. The first-order chi connectivity index (χ1) is 6.29. The standard InChI is InChI=1S/C9H11N3O/c1-13-5-9-11-7-3-2-6(10)4-8(7)12-9/h2-4H,5,10H2,1H3,(H,11,12). The Morgan fingerprint density at radius 1 is 1.54 bits per heavy atom. The second-order valence-corrected chi connectivity index (χ2v) is 2.89. The number of H-pyrrole nitrogens is 1. The van der Waals surface area contributed by atoms with Gasteiger partial charge in [0, 0.05) is 12.8 Å². The maximum atomic E-state index is 5.63. The molecule has 0 fully saturated rings. The summed E-state index contributed by atoms with van der Waals surface area (Å²) in [5, 5.41) is 0. The molecule has 1 aromatic carbocycles. The van der Waals surface area contributed by atoms with E-state index in [-0.39, 0.29) is 0 Å². The number of benzene rings is 1. The van der Waals surface area contributed by atoms with E-state index in [2.05, 4.69) is 9.97 Å². The van der Waals surface area contributed by atoms with E-state index in [4.69, 9.17) is 10.5 Å². The van der Waals surface area contributed by atoms with Crippen LogP contribution in [0.2, 0.25) is 0 Å². The van der Waals surface area contributed by atoms with Crippen molar-refractivity contribution in [2.75, 3.05) is 12.8 Å². The Balaban J connectivity index is 2.49. The summed E-state index contributed by atoms with van der Waals surface area (Å²) in [6.07, 6.45) is 0. The molecule has 4 nitrogen and oxygen atoms in total. The van der Waals surface area contributed by atoms with Gasteiger partial charge in [0.05, 0.1) is 11.0 Å². The summed E-state index contributed by atoms with van der Waals surface area (Å²) in [5.41, 5.74) is 8.23. The number of hydrogen-bond donors (Lipinski definition) is 2. The Hall–Kier alpha value is -1.55. The second-order valence-electron chi connectivity index (χ2n) is 2.89. The molecule has 0 atom stereocenters. The van der Waals surface area contributed by atoms with Crippen molar-refractivity contribution in [3.63, 3.8) is 0 Å². The van der Waals surface area contributed by atoms with Crippen LogP contribution >= 0.6 is 0 Å². The van der Waals surface area contributed by atoms with Gasteiger partial charge in [-0.25, -0.2) is 4.98 Å². The number of nitrogens with zero attached hydrogens (tertiary/aromatic N) is 1. The van der Waals surface area contributed by atoms with Gasteiger partial charge in [-0.2, -0.15) is 0 Å². The molecule has 0 bridgehead atoms. The zero-order valence-corrected chi connectivity index (χ0v) is 7.37. The molecular formula is C9H11N3O. The zero-order valence-electron chi connectivity index (χ0n) is 7.37. The quantitative estimate of drug-likeness (QED) is 0.679. The summed E-state index contributed by atoms with van der Waals surface area (Å²) in [5.74, 6) is 0.822. The Labute approximate surface area is 75.7 Å². The third-order valence-electron chi connectivity index (χ3n) is 1.84. The number of ether oxygens (including phenoxy) is 1. The fraction of sp³-hybridized carbons (Fsp3) is 0.222. The number of nitrogens with two attached hydrogens (primary N) is 1. The van der Waals surface area contributed by atoms with Gasteiger partial charge in [0.15, 0.2) is 0 Å². The summed E-state index contributed by atoms with van der Waals surface area (Å²) in [7, 11) is 1.64. The van der Waals surface area contributed by atoms with Crippen molar-refractivity contribution in [3.8, 4) is 0 Å². The SMILES string of the molecule is COCc1nc2ccc(N)cc2[nH]1. The minimum absolute atomic E-state index is 0.495. The Bertz CT molecular complexity index is 422. The van der Waals surface area contributed by atoms with Crippen molar-refractivity contribution in [3.05, 3.63) is 24.0 Å². The van der Waals surface area contributed by atoms with Crippen LogP contribution in [-0.4, -0.2) is 17.1 Å². The second kappa shape index (κ2) is 3.06. The highest BCUT2D eigenvalue weighted by Crippen LogP contribution is 2.14. The van der Waals surface area contributed by atoms with Gasteiger partial charge in [0.25, 0.3) is 0 Å². The zero-order chi connectivity index (χ0) is 9.26. The number of nitrogens with one attached hydrogen (secondary N) is 1. The molecule has 3 N–H and O–H groups in total. The molecule has 0 saturated heterocycles. The summed E-state index contributed by atoms with van der Waals surface area (Å²) in [6.45, 7) is 0.495. The molecular weight excluding hydrogens is 166 g/mol. The first kappa shape index (κ1) is 8.07. The predicted molar refractivity (Wildman–Crippen MR) is 51.2 cm³/mol. The van der Waals surface area contributed by atoms with Crippen LogP contribution in [0.3, 0.4) is 0 Å². The average Bonchev–Trinajstić information content (AvgIpc) is 2.46. The summed E-state index contributed by atoms with van der Waals surface area (Å²) in [4.78, 5) is 7.43. The number of nitrogen functional groups attached to an aromatic ring is 1. The van der Waals surface area contributed by atoms with Crippen LogP contribution in [0.1, 0.15) is 5.82 Å². The van der Waals surface area contributed by atoms with E-state index in [9.17, 15) is 0 Å². The summed E-state index contributed by atoms with van der Waals surface area (Å²) < 4.78 is 4.96. The van der Waals surface area contributed by atoms with Crippen molar-refractivity contribution < 1.29 is 4.74 Å². The van der Waals surface area contributed by atoms with Crippen molar-refractivity contribution >= 4 is 16.7 Å². The Kier molecular flexibility index (Phi) is 1.90. The van der Waals surface area contributed by atoms with E-state index in [1.807, 2.05) is 18.2 Å². The largest absolute Gasteiger partial charge is 0.399 e. The van der Waals surface area contributed by atoms with Gasteiger partial charge in [-0.15, -0.1) is 0 Å². The van der Waals surface area contributed by atoms with Gasteiger partial charge in [0.2, 0.25) is 0 Å². The third kappa shape index (κ3) is 1.48.